The van der Waals surface area contributed by atoms with Crippen LogP contribution in [0.3, 0.4) is 0 Å². The molecule has 3 aromatic rings. The molecule has 0 fully saturated rings. The Morgan fingerprint density at radius 1 is 1.21 bits per heavy atom. The SMILES string of the molecule is CCOc1cc(C(=O)NC(C)N(CC)CC)ccc1-c1nc2c(Cl)cc(C(F)(F)F)cc2[nH]1. The molecule has 1 heterocycles. The van der Waals surface area contributed by atoms with Gasteiger partial charge in [-0.3, -0.25) is 9.69 Å². The van der Waals surface area contributed by atoms with E-state index in [4.69, 9.17) is 16.3 Å². The normalized spacial score (nSPS) is 12.9. The number of alkyl halides is 3. The van der Waals surface area contributed by atoms with Gasteiger partial charge in [-0.2, -0.15) is 13.2 Å². The van der Waals surface area contributed by atoms with E-state index in [0.29, 0.717) is 23.5 Å². The maximum absolute atomic E-state index is 13.1. The maximum atomic E-state index is 13.1. The van der Waals surface area contributed by atoms with Crippen molar-refractivity contribution < 1.29 is 22.7 Å². The molecule has 0 saturated carbocycles. The molecule has 0 spiro atoms. The van der Waals surface area contributed by atoms with Crippen molar-refractivity contribution in [2.45, 2.75) is 40.0 Å². The van der Waals surface area contributed by atoms with Crippen molar-refractivity contribution in [3.63, 3.8) is 0 Å². The summed E-state index contributed by atoms with van der Waals surface area (Å²) in [5, 5.41) is 2.85. The smallest absolute Gasteiger partial charge is 0.416 e. The maximum Gasteiger partial charge on any atom is 0.416 e. The molecule has 0 saturated heterocycles. The first-order valence-electron chi connectivity index (χ1n) is 10.7. The van der Waals surface area contributed by atoms with E-state index in [1.54, 1.807) is 25.1 Å². The number of nitrogens with zero attached hydrogens (tertiary/aromatic N) is 2. The van der Waals surface area contributed by atoms with E-state index >= 15 is 0 Å². The molecule has 10 heteroatoms. The Balaban J connectivity index is 1.97. The van der Waals surface area contributed by atoms with Crippen molar-refractivity contribution in [1.82, 2.24) is 20.2 Å². The molecular weight excluding hydrogens is 457 g/mol. The van der Waals surface area contributed by atoms with Gasteiger partial charge in [-0.1, -0.05) is 25.4 Å². The van der Waals surface area contributed by atoms with Gasteiger partial charge in [-0.25, -0.2) is 4.98 Å². The lowest BCUT2D eigenvalue weighted by Crippen LogP contribution is -2.46. The predicted molar refractivity (Wildman–Crippen MR) is 123 cm³/mol. The number of carbonyl (C=O) groups excluding carboxylic acids is 1. The third kappa shape index (κ3) is 5.42. The molecule has 1 atom stereocenters. The topological polar surface area (TPSA) is 70.2 Å². The Morgan fingerprint density at radius 2 is 1.91 bits per heavy atom. The lowest BCUT2D eigenvalue weighted by molar-refractivity contribution is -0.137. The minimum Gasteiger partial charge on any atom is -0.493 e. The number of halogens is 4. The molecule has 0 aliphatic rings. The molecular formula is C23H26ClF3N4O2. The summed E-state index contributed by atoms with van der Waals surface area (Å²) < 4.78 is 45.1. The molecule has 0 aliphatic carbocycles. The number of aromatic nitrogens is 2. The zero-order chi connectivity index (χ0) is 24.3. The number of carbonyl (C=O) groups is 1. The summed E-state index contributed by atoms with van der Waals surface area (Å²) in [4.78, 5) is 22.1. The molecule has 1 aromatic heterocycles. The van der Waals surface area contributed by atoms with Crippen molar-refractivity contribution in [3.05, 3.63) is 46.5 Å². The van der Waals surface area contributed by atoms with Crippen LogP contribution in [0.25, 0.3) is 22.4 Å². The van der Waals surface area contributed by atoms with Crippen LogP contribution in [0.15, 0.2) is 30.3 Å². The first-order valence-corrected chi connectivity index (χ1v) is 11.0. The fourth-order valence-electron chi connectivity index (χ4n) is 3.64. The second-order valence-corrected chi connectivity index (χ2v) is 7.86. The molecule has 0 radical (unpaired) electrons. The van der Waals surface area contributed by atoms with Crippen LogP contribution >= 0.6 is 11.6 Å². The average molecular weight is 483 g/mol. The summed E-state index contributed by atoms with van der Waals surface area (Å²) >= 11 is 6.06. The highest BCUT2D eigenvalue weighted by Gasteiger charge is 2.32. The third-order valence-electron chi connectivity index (χ3n) is 5.37. The van der Waals surface area contributed by atoms with E-state index in [0.717, 1.165) is 25.2 Å². The molecule has 2 N–H and O–H groups in total. The van der Waals surface area contributed by atoms with Gasteiger partial charge in [0.05, 0.1) is 34.4 Å². The molecule has 6 nitrogen and oxygen atoms in total. The van der Waals surface area contributed by atoms with Crippen LogP contribution in [-0.2, 0) is 6.18 Å². The monoisotopic (exact) mass is 482 g/mol. The van der Waals surface area contributed by atoms with Gasteiger partial charge in [0.15, 0.2) is 0 Å². The van der Waals surface area contributed by atoms with Crippen molar-refractivity contribution in [2.75, 3.05) is 19.7 Å². The Kier molecular flexibility index (Phi) is 7.54. The fraction of sp³-hybridized carbons (Fsp3) is 0.391. The highest BCUT2D eigenvalue weighted by molar-refractivity contribution is 6.35. The highest BCUT2D eigenvalue weighted by Crippen LogP contribution is 2.37. The molecule has 33 heavy (non-hydrogen) atoms. The predicted octanol–water partition coefficient (Wildman–Crippen LogP) is 5.72. The van der Waals surface area contributed by atoms with Crippen LogP contribution in [-0.4, -0.2) is 46.6 Å². The van der Waals surface area contributed by atoms with E-state index in [1.807, 2.05) is 20.8 Å². The van der Waals surface area contributed by atoms with Gasteiger partial charge in [0.25, 0.3) is 5.91 Å². The summed E-state index contributed by atoms with van der Waals surface area (Å²) in [6.07, 6.45) is -4.68. The molecule has 1 unspecified atom stereocenters. The van der Waals surface area contributed by atoms with Crippen LogP contribution in [0.1, 0.15) is 43.6 Å². The molecule has 178 valence electrons. The first kappa shape index (κ1) is 24.9. The number of aromatic amines is 1. The van der Waals surface area contributed by atoms with E-state index in [2.05, 4.69) is 20.2 Å². The summed E-state index contributed by atoms with van der Waals surface area (Å²) in [6, 6.07) is 6.69. The Bertz CT molecular complexity index is 1140. The average Bonchev–Trinajstić information content (AvgIpc) is 3.19. The summed E-state index contributed by atoms with van der Waals surface area (Å²) in [5.41, 5.74) is 0.411. The number of fused-ring (bicyclic) bond motifs is 1. The zero-order valence-corrected chi connectivity index (χ0v) is 19.6. The Hall–Kier alpha value is -2.78. The molecule has 0 bridgehead atoms. The van der Waals surface area contributed by atoms with Crippen molar-refractivity contribution in [1.29, 1.82) is 0 Å². The van der Waals surface area contributed by atoms with E-state index < -0.39 is 11.7 Å². The number of rotatable bonds is 8. The zero-order valence-electron chi connectivity index (χ0n) is 18.8. The van der Waals surface area contributed by atoms with Gasteiger partial charge < -0.3 is 15.0 Å². The number of hydrogen-bond donors (Lipinski definition) is 2. The standard InChI is InChI=1S/C23H26ClF3N4O2/c1-5-31(6-2)13(4)28-22(32)14-8-9-16(19(10-14)33-7-3)21-29-18-12-15(23(25,26)27)11-17(24)20(18)30-21/h8-13H,5-7H2,1-4H3,(H,28,32)(H,29,30). The number of benzene rings is 2. The van der Waals surface area contributed by atoms with Crippen LogP contribution < -0.4 is 10.1 Å². The van der Waals surface area contributed by atoms with Gasteiger partial charge in [0, 0.05) is 5.56 Å². The first-order chi connectivity index (χ1) is 15.6. The number of nitrogens with one attached hydrogen (secondary N) is 2. The van der Waals surface area contributed by atoms with E-state index in [9.17, 15) is 18.0 Å². The minimum atomic E-state index is -4.53. The van der Waals surface area contributed by atoms with E-state index in [1.165, 1.54) is 0 Å². The highest BCUT2D eigenvalue weighted by atomic mass is 35.5. The van der Waals surface area contributed by atoms with Crippen molar-refractivity contribution in [3.8, 4) is 17.1 Å². The van der Waals surface area contributed by atoms with Crippen molar-refractivity contribution >= 4 is 28.5 Å². The van der Waals surface area contributed by atoms with E-state index in [-0.39, 0.29) is 34.0 Å². The van der Waals surface area contributed by atoms with Gasteiger partial charge in [0.1, 0.15) is 17.1 Å². The number of hydrogen-bond acceptors (Lipinski definition) is 4. The fourth-order valence-corrected chi connectivity index (χ4v) is 3.90. The van der Waals surface area contributed by atoms with Gasteiger partial charge in [-0.05, 0) is 57.3 Å². The number of imidazole rings is 1. The minimum absolute atomic E-state index is 0.110. The van der Waals surface area contributed by atoms with Crippen LogP contribution in [0, 0.1) is 0 Å². The van der Waals surface area contributed by atoms with Crippen LogP contribution in [0.4, 0.5) is 13.2 Å². The number of ether oxygens (including phenoxy) is 1. The largest absolute Gasteiger partial charge is 0.493 e. The quantitative estimate of drug-likeness (QED) is 0.403. The third-order valence-corrected chi connectivity index (χ3v) is 5.65. The molecule has 3 rings (SSSR count). The van der Waals surface area contributed by atoms with Crippen molar-refractivity contribution in [2.24, 2.45) is 0 Å². The van der Waals surface area contributed by atoms with Gasteiger partial charge in [-0.15, -0.1) is 0 Å². The second kappa shape index (κ2) is 10.0. The van der Waals surface area contributed by atoms with Crippen LogP contribution in [0.2, 0.25) is 5.02 Å². The molecule has 2 aromatic carbocycles. The Labute approximate surface area is 195 Å². The lowest BCUT2D eigenvalue weighted by Gasteiger charge is -2.27. The Morgan fingerprint density at radius 3 is 2.52 bits per heavy atom. The summed E-state index contributed by atoms with van der Waals surface area (Å²) in [6.45, 7) is 9.67. The molecule has 1 amide bonds. The van der Waals surface area contributed by atoms with Gasteiger partial charge >= 0.3 is 6.18 Å². The molecule has 0 aliphatic heterocycles. The van der Waals surface area contributed by atoms with Gasteiger partial charge in [0.2, 0.25) is 0 Å². The second-order valence-electron chi connectivity index (χ2n) is 7.45. The number of H-pyrrole nitrogens is 1. The summed E-state index contributed by atoms with van der Waals surface area (Å²) in [5.74, 6) is 0.411. The number of amides is 1. The van der Waals surface area contributed by atoms with Crippen LogP contribution in [0.5, 0.6) is 5.75 Å². The lowest BCUT2D eigenvalue weighted by atomic mass is 10.1. The summed E-state index contributed by atoms with van der Waals surface area (Å²) in [7, 11) is 0.